The highest BCUT2D eigenvalue weighted by atomic mass is 16.5. The van der Waals surface area contributed by atoms with Gasteiger partial charge in [-0.1, -0.05) is 29.8 Å². The van der Waals surface area contributed by atoms with Gasteiger partial charge in [0.2, 0.25) is 0 Å². The molecule has 4 heteroatoms. The fourth-order valence-electron chi connectivity index (χ4n) is 1.77. The van der Waals surface area contributed by atoms with Crippen molar-refractivity contribution < 1.29 is 19.4 Å². The molecule has 2 aromatic rings. The molecule has 0 aliphatic carbocycles. The van der Waals surface area contributed by atoms with Crippen molar-refractivity contribution in [3.63, 3.8) is 0 Å². The van der Waals surface area contributed by atoms with Gasteiger partial charge in [0.25, 0.3) is 0 Å². The molecular weight excluding hydrogens is 256 g/mol. The number of hydrogen-bond acceptors (Lipinski definition) is 3. The Morgan fingerprint density at radius 2 is 1.80 bits per heavy atom. The molecule has 1 N–H and O–H groups in total. The second-order valence-corrected chi connectivity index (χ2v) is 4.45. The summed E-state index contributed by atoms with van der Waals surface area (Å²) in [6, 6.07) is 12.6. The first-order valence-electron chi connectivity index (χ1n) is 6.20. The molecule has 0 aliphatic rings. The highest BCUT2D eigenvalue weighted by Gasteiger charge is 2.10. The minimum Gasteiger partial charge on any atom is -0.493 e. The molecule has 0 saturated heterocycles. The van der Waals surface area contributed by atoms with Gasteiger partial charge in [-0.25, -0.2) is 4.79 Å². The third-order valence-electron chi connectivity index (χ3n) is 2.93. The topological polar surface area (TPSA) is 55.8 Å². The molecule has 0 unspecified atom stereocenters. The number of ether oxygens (including phenoxy) is 2. The van der Waals surface area contributed by atoms with E-state index in [4.69, 9.17) is 14.6 Å². The van der Waals surface area contributed by atoms with E-state index in [0.29, 0.717) is 18.1 Å². The summed E-state index contributed by atoms with van der Waals surface area (Å²) in [6.45, 7) is 2.43. The minimum absolute atomic E-state index is 0.171. The lowest BCUT2D eigenvalue weighted by Gasteiger charge is -2.11. The number of benzene rings is 2. The van der Waals surface area contributed by atoms with Crippen LogP contribution in [-0.4, -0.2) is 18.2 Å². The molecule has 2 rings (SSSR count). The van der Waals surface area contributed by atoms with Gasteiger partial charge in [0, 0.05) is 0 Å². The molecule has 4 nitrogen and oxygen atoms in total. The summed E-state index contributed by atoms with van der Waals surface area (Å²) < 4.78 is 10.8. The van der Waals surface area contributed by atoms with Gasteiger partial charge in [-0.05, 0) is 30.7 Å². The van der Waals surface area contributed by atoms with Gasteiger partial charge in [0.05, 0.1) is 12.7 Å². The zero-order chi connectivity index (χ0) is 14.5. The normalized spacial score (nSPS) is 10.1. The van der Waals surface area contributed by atoms with Crippen LogP contribution in [0.5, 0.6) is 11.5 Å². The van der Waals surface area contributed by atoms with E-state index in [1.165, 1.54) is 24.8 Å². The lowest BCUT2D eigenvalue weighted by Crippen LogP contribution is -2.01. The van der Waals surface area contributed by atoms with Gasteiger partial charge in [-0.3, -0.25) is 0 Å². The van der Waals surface area contributed by atoms with Crippen LogP contribution in [0.3, 0.4) is 0 Å². The fourth-order valence-corrected chi connectivity index (χ4v) is 1.77. The first-order chi connectivity index (χ1) is 9.60. The summed E-state index contributed by atoms with van der Waals surface area (Å²) in [5.74, 6) is -0.0523. The van der Waals surface area contributed by atoms with E-state index in [1.807, 2.05) is 31.2 Å². The van der Waals surface area contributed by atoms with Crippen LogP contribution in [0, 0.1) is 6.92 Å². The van der Waals surface area contributed by atoms with Gasteiger partial charge in [0.1, 0.15) is 6.61 Å². The second-order valence-electron chi connectivity index (χ2n) is 4.45. The predicted octanol–water partition coefficient (Wildman–Crippen LogP) is 3.28. The molecule has 0 radical (unpaired) electrons. The Morgan fingerprint density at radius 3 is 2.40 bits per heavy atom. The lowest BCUT2D eigenvalue weighted by molar-refractivity contribution is 0.0696. The Kier molecular flexibility index (Phi) is 4.25. The van der Waals surface area contributed by atoms with Crippen molar-refractivity contribution >= 4 is 5.97 Å². The number of rotatable bonds is 5. The highest BCUT2D eigenvalue weighted by Crippen LogP contribution is 2.28. The summed E-state index contributed by atoms with van der Waals surface area (Å²) in [5.41, 5.74) is 2.40. The van der Waals surface area contributed by atoms with Crippen molar-refractivity contribution in [3.05, 3.63) is 59.2 Å². The van der Waals surface area contributed by atoms with E-state index in [1.54, 1.807) is 6.07 Å². The Morgan fingerprint density at radius 1 is 1.10 bits per heavy atom. The van der Waals surface area contributed by atoms with E-state index in [2.05, 4.69) is 0 Å². The zero-order valence-electron chi connectivity index (χ0n) is 11.4. The first-order valence-corrected chi connectivity index (χ1v) is 6.20. The average molecular weight is 272 g/mol. The minimum atomic E-state index is -0.992. The highest BCUT2D eigenvalue weighted by molar-refractivity contribution is 5.88. The Balaban J connectivity index is 2.12. The number of carboxylic acid groups (broad SMARTS) is 1. The van der Waals surface area contributed by atoms with Crippen LogP contribution in [0.15, 0.2) is 42.5 Å². The average Bonchev–Trinajstić information content (AvgIpc) is 2.46. The number of carboxylic acids is 1. The molecule has 104 valence electrons. The number of carbonyl (C=O) groups is 1. The van der Waals surface area contributed by atoms with Crippen molar-refractivity contribution in [2.75, 3.05) is 7.11 Å². The molecule has 0 atom stereocenters. The third-order valence-corrected chi connectivity index (χ3v) is 2.93. The van der Waals surface area contributed by atoms with Crippen LogP contribution in [0.4, 0.5) is 0 Å². The SMILES string of the molecule is COc1cc(C(=O)O)ccc1OCc1ccc(C)cc1. The van der Waals surface area contributed by atoms with Crippen LogP contribution in [0.1, 0.15) is 21.5 Å². The molecule has 20 heavy (non-hydrogen) atoms. The Hall–Kier alpha value is -2.49. The van der Waals surface area contributed by atoms with Gasteiger partial charge in [-0.2, -0.15) is 0 Å². The van der Waals surface area contributed by atoms with E-state index in [-0.39, 0.29) is 5.56 Å². The maximum atomic E-state index is 10.9. The standard InChI is InChI=1S/C16H16O4/c1-11-3-5-12(6-4-11)10-20-14-8-7-13(16(17)18)9-15(14)19-2/h3-9H,10H2,1-2H3,(H,17,18). The maximum absolute atomic E-state index is 10.9. The summed E-state index contributed by atoms with van der Waals surface area (Å²) in [5, 5.41) is 8.93. The van der Waals surface area contributed by atoms with Gasteiger partial charge in [-0.15, -0.1) is 0 Å². The number of aryl methyl sites for hydroxylation is 1. The Labute approximate surface area is 117 Å². The van der Waals surface area contributed by atoms with Crippen molar-refractivity contribution in [2.24, 2.45) is 0 Å². The molecule has 0 aromatic heterocycles. The van der Waals surface area contributed by atoms with Crippen LogP contribution < -0.4 is 9.47 Å². The first kappa shape index (κ1) is 13.9. The number of hydrogen-bond donors (Lipinski definition) is 1. The van der Waals surface area contributed by atoms with Crippen molar-refractivity contribution in [2.45, 2.75) is 13.5 Å². The molecule has 0 bridgehead atoms. The van der Waals surface area contributed by atoms with Crippen LogP contribution in [0.2, 0.25) is 0 Å². The molecule has 0 spiro atoms. The second kappa shape index (κ2) is 6.10. The molecule has 0 heterocycles. The quantitative estimate of drug-likeness (QED) is 0.907. The Bertz CT molecular complexity index is 602. The smallest absolute Gasteiger partial charge is 0.335 e. The summed E-state index contributed by atoms with van der Waals surface area (Å²) in [6.07, 6.45) is 0. The number of methoxy groups -OCH3 is 1. The van der Waals surface area contributed by atoms with Gasteiger partial charge in [0.15, 0.2) is 11.5 Å². The summed E-state index contributed by atoms with van der Waals surface area (Å²) >= 11 is 0. The molecule has 0 aliphatic heterocycles. The van der Waals surface area contributed by atoms with Crippen LogP contribution in [-0.2, 0) is 6.61 Å². The summed E-state index contributed by atoms with van der Waals surface area (Å²) in [4.78, 5) is 10.9. The van der Waals surface area contributed by atoms with E-state index >= 15 is 0 Å². The molecule has 2 aromatic carbocycles. The van der Waals surface area contributed by atoms with E-state index in [9.17, 15) is 4.79 Å². The van der Waals surface area contributed by atoms with Crippen LogP contribution in [0.25, 0.3) is 0 Å². The van der Waals surface area contributed by atoms with Crippen molar-refractivity contribution in [1.29, 1.82) is 0 Å². The number of aromatic carboxylic acids is 1. The van der Waals surface area contributed by atoms with Crippen molar-refractivity contribution in [3.8, 4) is 11.5 Å². The van der Waals surface area contributed by atoms with Crippen LogP contribution >= 0.6 is 0 Å². The molecular formula is C16H16O4. The summed E-state index contributed by atoms with van der Waals surface area (Å²) in [7, 11) is 1.49. The monoisotopic (exact) mass is 272 g/mol. The molecule has 0 saturated carbocycles. The van der Waals surface area contributed by atoms with Gasteiger partial charge >= 0.3 is 5.97 Å². The molecule has 0 fully saturated rings. The van der Waals surface area contributed by atoms with Gasteiger partial charge < -0.3 is 14.6 Å². The zero-order valence-corrected chi connectivity index (χ0v) is 11.4. The predicted molar refractivity (Wildman–Crippen MR) is 75.5 cm³/mol. The largest absolute Gasteiger partial charge is 0.493 e. The van der Waals surface area contributed by atoms with Crippen molar-refractivity contribution in [1.82, 2.24) is 0 Å². The van der Waals surface area contributed by atoms with E-state index in [0.717, 1.165) is 5.56 Å². The third kappa shape index (κ3) is 3.29. The molecule has 0 amide bonds. The fraction of sp³-hybridized carbons (Fsp3) is 0.188. The van der Waals surface area contributed by atoms with E-state index < -0.39 is 5.97 Å². The maximum Gasteiger partial charge on any atom is 0.335 e. The lowest BCUT2D eigenvalue weighted by atomic mass is 10.1.